The molecule has 0 fully saturated rings. The van der Waals surface area contributed by atoms with Crippen molar-refractivity contribution in [1.29, 1.82) is 0 Å². The number of aromatic nitrogens is 3. The summed E-state index contributed by atoms with van der Waals surface area (Å²) < 4.78 is 13.1. The smallest absolute Gasteiger partial charge is 0.161 e. The summed E-state index contributed by atoms with van der Waals surface area (Å²) in [5.74, 6) is 1.37. The average molecular weight is 374 g/mol. The van der Waals surface area contributed by atoms with E-state index in [2.05, 4.69) is 4.98 Å². The van der Waals surface area contributed by atoms with Gasteiger partial charge in [-0.15, -0.1) is 0 Å². The highest BCUT2D eigenvalue weighted by atomic mass is 16.5. The molecule has 2 N–H and O–H groups in total. The SMILES string of the molecule is COc1cc(-c2cnc3ccc(-c4ccccc4)nn23)ccc1OCCCN. The molecule has 142 valence electrons. The second kappa shape index (κ2) is 8.10. The standard InChI is InChI=1S/C22H22N4O2/c1-27-21-14-17(8-10-20(21)28-13-5-12-23)19-15-24-22-11-9-18(25-26(19)22)16-6-3-2-4-7-16/h2-4,6-11,14-15H,5,12-13,23H2,1H3. The molecule has 2 heterocycles. The van der Waals surface area contributed by atoms with E-state index in [0.29, 0.717) is 24.7 Å². The minimum absolute atomic E-state index is 0.559. The van der Waals surface area contributed by atoms with Crippen LogP contribution in [-0.4, -0.2) is 34.9 Å². The van der Waals surface area contributed by atoms with Crippen LogP contribution in [0, 0.1) is 0 Å². The van der Waals surface area contributed by atoms with Crippen molar-refractivity contribution in [3.05, 3.63) is 66.9 Å². The van der Waals surface area contributed by atoms with E-state index in [9.17, 15) is 0 Å². The van der Waals surface area contributed by atoms with Gasteiger partial charge in [-0.3, -0.25) is 0 Å². The second-order valence-electron chi connectivity index (χ2n) is 6.35. The minimum Gasteiger partial charge on any atom is -0.493 e. The second-order valence-corrected chi connectivity index (χ2v) is 6.35. The van der Waals surface area contributed by atoms with Crippen LogP contribution >= 0.6 is 0 Å². The third-order valence-electron chi connectivity index (χ3n) is 4.50. The molecule has 0 aliphatic heterocycles. The zero-order valence-electron chi connectivity index (χ0n) is 15.7. The molecule has 4 rings (SSSR count). The first-order valence-electron chi connectivity index (χ1n) is 9.21. The molecule has 0 aliphatic carbocycles. The van der Waals surface area contributed by atoms with E-state index >= 15 is 0 Å². The Hall–Kier alpha value is -3.38. The van der Waals surface area contributed by atoms with E-state index < -0.39 is 0 Å². The van der Waals surface area contributed by atoms with Crippen LogP contribution in [0.15, 0.2) is 66.9 Å². The van der Waals surface area contributed by atoms with Crippen LogP contribution in [0.2, 0.25) is 0 Å². The van der Waals surface area contributed by atoms with Gasteiger partial charge in [0.2, 0.25) is 0 Å². The number of fused-ring (bicyclic) bond motifs is 1. The van der Waals surface area contributed by atoms with Crippen molar-refractivity contribution in [2.45, 2.75) is 6.42 Å². The first kappa shape index (κ1) is 18.0. The van der Waals surface area contributed by atoms with Gasteiger partial charge in [0.15, 0.2) is 17.1 Å². The van der Waals surface area contributed by atoms with Gasteiger partial charge in [0.05, 0.1) is 31.3 Å². The summed E-state index contributed by atoms with van der Waals surface area (Å²) in [4.78, 5) is 4.48. The molecule has 4 aromatic rings. The van der Waals surface area contributed by atoms with Crippen LogP contribution < -0.4 is 15.2 Å². The lowest BCUT2D eigenvalue weighted by atomic mass is 10.1. The zero-order valence-corrected chi connectivity index (χ0v) is 15.7. The Kier molecular flexibility index (Phi) is 5.21. The van der Waals surface area contributed by atoms with E-state index in [0.717, 1.165) is 34.6 Å². The summed E-state index contributed by atoms with van der Waals surface area (Å²) in [6.07, 6.45) is 2.62. The monoisotopic (exact) mass is 374 g/mol. The predicted molar refractivity (Wildman–Crippen MR) is 110 cm³/mol. The zero-order chi connectivity index (χ0) is 19.3. The fourth-order valence-corrected chi connectivity index (χ4v) is 3.04. The molecular weight excluding hydrogens is 352 g/mol. The van der Waals surface area contributed by atoms with Gasteiger partial charge in [-0.05, 0) is 43.3 Å². The normalized spacial score (nSPS) is 10.9. The highest BCUT2D eigenvalue weighted by Gasteiger charge is 2.12. The number of imidazole rings is 1. The van der Waals surface area contributed by atoms with Crippen LogP contribution in [-0.2, 0) is 0 Å². The summed E-state index contributed by atoms with van der Waals surface area (Å²) in [7, 11) is 1.63. The van der Waals surface area contributed by atoms with Gasteiger partial charge >= 0.3 is 0 Å². The van der Waals surface area contributed by atoms with E-state index in [1.165, 1.54) is 0 Å². The number of methoxy groups -OCH3 is 1. The third-order valence-corrected chi connectivity index (χ3v) is 4.50. The van der Waals surface area contributed by atoms with Crippen LogP contribution in [0.4, 0.5) is 0 Å². The van der Waals surface area contributed by atoms with Crippen molar-refractivity contribution in [1.82, 2.24) is 14.6 Å². The van der Waals surface area contributed by atoms with Gasteiger partial charge < -0.3 is 15.2 Å². The Morgan fingerprint density at radius 3 is 2.61 bits per heavy atom. The van der Waals surface area contributed by atoms with E-state index in [1.807, 2.05) is 71.4 Å². The Morgan fingerprint density at radius 2 is 1.82 bits per heavy atom. The maximum Gasteiger partial charge on any atom is 0.161 e. The quantitative estimate of drug-likeness (QED) is 0.498. The highest BCUT2D eigenvalue weighted by Crippen LogP contribution is 2.33. The molecular formula is C22H22N4O2. The predicted octanol–water partition coefficient (Wildman–Crippen LogP) is 3.80. The van der Waals surface area contributed by atoms with Gasteiger partial charge in [-0.2, -0.15) is 5.10 Å². The van der Waals surface area contributed by atoms with Gasteiger partial charge in [-0.1, -0.05) is 30.3 Å². The first-order valence-corrected chi connectivity index (χ1v) is 9.21. The molecule has 6 heteroatoms. The summed E-state index contributed by atoms with van der Waals surface area (Å²) in [5.41, 5.74) is 10.1. The van der Waals surface area contributed by atoms with Crippen LogP contribution in [0.5, 0.6) is 11.5 Å². The Morgan fingerprint density at radius 1 is 0.964 bits per heavy atom. The Balaban J connectivity index is 1.72. The molecule has 0 spiro atoms. The van der Waals surface area contributed by atoms with Gasteiger partial charge in [0, 0.05) is 11.1 Å². The summed E-state index contributed by atoms with van der Waals surface area (Å²) >= 11 is 0. The van der Waals surface area contributed by atoms with Gasteiger partial charge in [0.25, 0.3) is 0 Å². The lowest BCUT2D eigenvalue weighted by molar-refractivity contribution is 0.291. The van der Waals surface area contributed by atoms with E-state index in [4.69, 9.17) is 20.3 Å². The van der Waals surface area contributed by atoms with E-state index in [-0.39, 0.29) is 0 Å². The molecule has 2 aromatic heterocycles. The Labute approximate surface area is 163 Å². The van der Waals surface area contributed by atoms with Crippen LogP contribution in [0.25, 0.3) is 28.2 Å². The minimum atomic E-state index is 0.559. The molecule has 0 radical (unpaired) electrons. The molecule has 0 saturated carbocycles. The fraction of sp³-hybridized carbons (Fsp3) is 0.182. The summed E-state index contributed by atoms with van der Waals surface area (Å²) in [5, 5.41) is 4.79. The van der Waals surface area contributed by atoms with Crippen molar-refractivity contribution < 1.29 is 9.47 Å². The van der Waals surface area contributed by atoms with Crippen molar-refractivity contribution in [3.63, 3.8) is 0 Å². The number of hydrogen-bond acceptors (Lipinski definition) is 5. The number of hydrogen-bond donors (Lipinski definition) is 1. The largest absolute Gasteiger partial charge is 0.493 e. The number of nitrogens with zero attached hydrogens (tertiary/aromatic N) is 3. The molecule has 2 aromatic carbocycles. The molecule has 6 nitrogen and oxygen atoms in total. The topological polar surface area (TPSA) is 74.7 Å². The first-order chi connectivity index (χ1) is 13.8. The number of rotatable bonds is 7. The third kappa shape index (κ3) is 3.54. The van der Waals surface area contributed by atoms with Crippen LogP contribution in [0.1, 0.15) is 6.42 Å². The number of nitrogens with two attached hydrogens (primary N) is 1. The number of benzene rings is 2. The molecule has 0 unspecified atom stereocenters. The van der Waals surface area contributed by atoms with Crippen molar-refractivity contribution in [2.75, 3.05) is 20.3 Å². The fourth-order valence-electron chi connectivity index (χ4n) is 3.04. The van der Waals surface area contributed by atoms with E-state index in [1.54, 1.807) is 7.11 Å². The summed E-state index contributed by atoms with van der Waals surface area (Å²) in [6, 6.07) is 19.9. The maximum absolute atomic E-state index is 5.76. The molecule has 28 heavy (non-hydrogen) atoms. The molecule has 0 bridgehead atoms. The maximum atomic E-state index is 5.76. The van der Waals surface area contributed by atoms with Crippen molar-refractivity contribution in [3.8, 4) is 34.0 Å². The van der Waals surface area contributed by atoms with Gasteiger partial charge in [0.1, 0.15) is 0 Å². The number of ether oxygens (including phenoxy) is 2. The van der Waals surface area contributed by atoms with Crippen molar-refractivity contribution >= 4 is 5.65 Å². The molecule has 0 saturated heterocycles. The highest BCUT2D eigenvalue weighted by molar-refractivity contribution is 5.68. The molecule has 0 amide bonds. The Bertz CT molecular complexity index is 1080. The van der Waals surface area contributed by atoms with Crippen LogP contribution in [0.3, 0.4) is 0 Å². The lowest BCUT2D eigenvalue weighted by Gasteiger charge is -2.12. The molecule has 0 aliphatic rings. The average Bonchev–Trinajstić information content (AvgIpc) is 3.18. The lowest BCUT2D eigenvalue weighted by Crippen LogP contribution is -2.06. The van der Waals surface area contributed by atoms with Crippen molar-refractivity contribution in [2.24, 2.45) is 5.73 Å². The summed E-state index contributed by atoms with van der Waals surface area (Å²) in [6.45, 7) is 1.15. The molecule has 0 atom stereocenters. The van der Waals surface area contributed by atoms with Gasteiger partial charge in [-0.25, -0.2) is 9.50 Å².